The van der Waals surface area contributed by atoms with Gasteiger partial charge in [-0.05, 0) is 24.3 Å². The second-order valence-electron chi connectivity index (χ2n) is 6.40. The molecule has 0 atom stereocenters. The summed E-state index contributed by atoms with van der Waals surface area (Å²) in [7, 11) is 0. The number of hydrogen-bond acceptors (Lipinski definition) is 8. The number of carbonyl (C=O) groups excluding carboxylic acids is 3. The van der Waals surface area contributed by atoms with Crippen LogP contribution in [0.1, 0.15) is 33.4 Å². The number of carbonyl (C=O) groups is 3. The predicted molar refractivity (Wildman–Crippen MR) is 107 cm³/mol. The lowest BCUT2D eigenvalue weighted by molar-refractivity contribution is -0.149. The first-order valence-electron chi connectivity index (χ1n) is 9.01. The quantitative estimate of drug-likeness (QED) is 0.357. The van der Waals surface area contributed by atoms with Crippen LogP contribution in [0.4, 0.5) is 0 Å². The number of rotatable bonds is 6. The van der Waals surface area contributed by atoms with Crippen molar-refractivity contribution in [3.63, 3.8) is 0 Å². The number of nitrogens with zero attached hydrogens (tertiary/aromatic N) is 3. The summed E-state index contributed by atoms with van der Waals surface area (Å²) in [5.41, 5.74) is 1.04. The van der Waals surface area contributed by atoms with Gasteiger partial charge in [0.25, 0.3) is 5.91 Å². The number of hydrogen-bond donors (Lipinski definition) is 1. The molecule has 1 N–H and O–H groups in total. The average Bonchev–Trinajstić information content (AvgIpc) is 3.35. The molecule has 0 fully saturated rings. The maximum absolute atomic E-state index is 12.5. The smallest absolute Gasteiger partial charge is 0.344 e. The number of fused-ring (bicyclic) bond motifs is 2. The topological polar surface area (TPSA) is 125 Å². The standard InChI is InChI=1S/C20H15ClN4O6/c1-11(26)29-10-30-20(28)15-7-13(21)5-12-6-14(31-17(12)15)8-23-19(27)16-9-24-25-4-2-3-22-18(16)25/h2-7,9H,8,10H2,1H3,(H,23,27). The molecule has 0 radical (unpaired) electrons. The van der Waals surface area contributed by atoms with Crippen molar-refractivity contribution in [1.29, 1.82) is 0 Å². The fraction of sp³-hybridized carbons (Fsp3) is 0.150. The van der Waals surface area contributed by atoms with Crippen LogP contribution in [0.15, 0.2) is 47.3 Å². The molecule has 1 aromatic carbocycles. The molecule has 0 unspecified atom stereocenters. The summed E-state index contributed by atoms with van der Waals surface area (Å²) < 4.78 is 16.8. The highest BCUT2D eigenvalue weighted by molar-refractivity contribution is 6.32. The minimum atomic E-state index is -0.767. The van der Waals surface area contributed by atoms with Crippen LogP contribution in [0.2, 0.25) is 5.02 Å². The molecule has 4 rings (SSSR count). The van der Waals surface area contributed by atoms with Crippen LogP contribution < -0.4 is 5.32 Å². The maximum atomic E-state index is 12.5. The van der Waals surface area contributed by atoms with Crippen LogP contribution in [0.5, 0.6) is 0 Å². The van der Waals surface area contributed by atoms with E-state index < -0.39 is 18.7 Å². The first kappa shape index (κ1) is 20.4. The van der Waals surface area contributed by atoms with Crippen molar-refractivity contribution in [2.45, 2.75) is 13.5 Å². The van der Waals surface area contributed by atoms with E-state index in [1.165, 1.54) is 23.7 Å². The predicted octanol–water partition coefficient (Wildman–Crippen LogP) is 2.74. The van der Waals surface area contributed by atoms with E-state index in [0.717, 1.165) is 0 Å². The highest BCUT2D eigenvalue weighted by Crippen LogP contribution is 2.28. The monoisotopic (exact) mass is 442 g/mol. The molecule has 0 aliphatic rings. The fourth-order valence-corrected chi connectivity index (χ4v) is 3.13. The number of benzene rings is 1. The number of aromatic nitrogens is 3. The van der Waals surface area contributed by atoms with Gasteiger partial charge in [0, 0.05) is 29.7 Å². The van der Waals surface area contributed by atoms with Gasteiger partial charge in [0.2, 0.25) is 6.79 Å². The molecule has 11 heteroatoms. The fourth-order valence-electron chi connectivity index (χ4n) is 2.90. The average molecular weight is 443 g/mol. The van der Waals surface area contributed by atoms with Gasteiger partial charge in [-0.2, -0.15) is 5.10 Å². The van der Waals surface area contributed by atoms with Crippen LogP contribution in [-0.4, -0.2) is 39.2 Å². The third-order valence-corrected chi connectivity index (χ3v) is 4.47. The highest BCUT2D eigenvalue weighted by atomic mass is 35.5. The van der Waals surface area contributed by atoms with Gasteiger partial charge in [-0.1, -0.05) is 11.6 Å². The molecule has 3 heterocycles. The molecule has 1 amide bonds. The summed E-state index contributed by atoms with van der Waals surface area (Å²) >= 11 is 6.09. The van der Waals surface area contributed by atoms with Crippen molar-refractivity contribution in [3.8, 4) is 0 Å². The van der Waals surface area contributed by atoms with Crippen LogP contribution in [0.3, 0.4) is 0 Å². The zero-order valence-electron chi connectivity index (χ0n) is 16.1. The number of amides is 1. The summed E-state index contributed by atoms with van der Waals surface area (Å²) in [6.45, 7) is 0.721. The van der Waals surface area contributed by atoms with Gasteiger partial charge in [0.05, 0.1) is 12.7 Å². The minimum Gasteiger partial charge on any atom is -0.458 e. The Morgan fingerprint density at radius 3 is 2.84 bits per heavy atom. The lowest BCUT2D eigenvalue weighted by atomic mass is 10.1. The van der Waals surface area contributed by atoms with Crippen LogP contribution in [-0.2, 0) is 20.8 Å². The first-order valence-corrected chi connectivity index (χ1v) is 9.39. The van der Waals surface area contributed by atoms with Gasteiger partial charge >= 0.3 is 11.9 Å². The number of ether oxygens (including phenoxy) is 2. The number of esters is 2. The zero-order chi connectivity index (χ0) is 22.0. The van der Waals surface area contributed by atoms with Crippen LogP contribution in [0.25, 0.3) is 16.6 Å². The van der Waals surface area contributed by atoms with E-state index in [4.69, 9.17) is 20.8 Å². The molecule has 0 bridgehead atoms. The van der Waals surface area contributed by atoms with Gasteiger partial charge in [0.1, 0.15) is 22.5 Å². The first-order chi connectivity index (χ1) is 14.9. The number of furan rings is 1. The molecule has 3 aromatic heterocycles. The van der Waals surface area contributed by atoms with Crippen LogP contribution in [0, 0.1) is 0 Å². The van der Waals surface area contributed by atoms with Gasteiger partial charge in [-0.15, -0.1) is 0 Å². The molecule has 158 valence electrons. The van der Waals surface area contributed by atoms with E-state index in [1.54, 1.807) is 30.6 Å². The van der Waals surface area contributed by atoms with Crippen molar-refractivity contribution in [2.24, 2.45) is 0 Å². The van der Waals surface area contributed by atoms with Gasteiger partial charge in [0.15, 0.2) is 5.65 Å². The number of halogens is 1. The van der Waals surface area contributed by atoms with Crippen molar-refractivity contribution in [2.75, 3.05) is 6.79 Å². The Balaban J connectivity index is 1.51. The van der Waals surface area contributed by atoms with E-state index in [-0.39, 0.29) is 23.6 Å². The molecule has 4 aromatic rings. The molecule has 0 aliphatic carbocycles. The second-order valence-corrected chi connectivity index (χ2v) is 6.84. The van der Waals surface area contributed by atoms with E-state index in [9.17, 15) is 14.4 Å². The molecular weight excluding hydrogens is 428 g/mol. The highest BCUT2D eigenvalue weighted by Gasteiger charge is 2.19. The van der Waals surface area contributed by atoms with Gasteiger partial charge in [-0.25, -0.2) is 14.3 Å². The van der Waals surface area contributed by atoms with Gasteiger partial charge in [-0.3, -0.25) is 9.59 Å². The largest absolute Gasteiger partial charge is 0.458 e. The molecule has 31 heavy (non-hydrogen) atoms. The lowest BCUT2D eigenvalue weighted by Crippen LogP contribution is -2.22. The Bertz CT molecular complexity index is 1310. The van der Waals surface area contributed by atoms with Crippen molar-refractivity contribution in [1.82, 2.24) is 19.9 Å². The summed E-state index contributed by atoms with van der Waals surface area (Å²) in [5.74, 6) is -1.34. The molecule has 0 spiro atoms. The molecule has 0 aliphatic heterocycles. The Kier molecular flexibility index (Phi) is 5.54. The number of nitrogens with one attached hydrogen (secondary N) is 1. The summed E-state index contributed by atoms with van der Waals surface area (Å²) in [5, 5.41) is 7.65. The Morgan fingerprint density at radius 1 is 1.19 bits per heavy atom. The van der Waals surface area contributed by atoms with Crippen molar-refractivity contribution < 1.29 is 28.3 Å². The van der Waals surface area contributed by atoms with Crippen molar-refractivity contribution in [3.05, 3.63) is 64.8 Å². The summed E-state index contributed by atoms with van der Waals surface area (Å²) in [6, 6.07) is 6.36. The third kappa shape index (κ3) is 4.33. The van der Waals surface area contributed by atoms with E-state index >= 15 is 0 Å². The second kappa shape index (κ2) is 8.44. The minimum absolute atomic E-state index is 0.0528. The van der Waals surface area contributed by atoms with E-state index in [1.807, 2.05) is 0 Å². The Morgan fingerprint density at radius 2 is 2.03 bits per heavy atom. The maximum Gasteiger partial charge on any atom is 0.344 e. The van der Waals surface area contributed by atoms with Crippen molar-refractivity contribution >= 4 is 46.1 Å². The van der Waals surface area contributed by atoms with E-state index in [0.29, 0.717) is 27.4 Å². The molecule has 0 saturated carbocycles. The Labute approximate surface area is 179 Å². The van der Waals surface area contributed by atoms with Crippen LogP contribution >= 0.6 is 11.6 Å². The van der Waals surface area contributed by atoms with E-state index in [2.05, 4.69) is 20.1 Å². The molecule has 0 saturated heterocycles. The summed E-state index contributed by atoms with van der Waals surface area (Å²) in [4.78, 5) is 39.8. The SMILES string of the molecule is CC(=O)OCOC(=O)c1cc(Cl)cc2cc(CNC(=O)c3cnn4cccnc34)oc12. The summed E-state index contributed by atoms with van der Waals surface area (Å²) in [6.07, 6.45) is 4.68. The molecular formula is C20H15ClN4O6. The lowest BCUT2D eigenvalue weighted by Gasteiger charge is -2.05. The normalized spacial score (nSPS) is 10.9. The Hall–Kier alpha value is -3.92. The molecule has 10 nitrogen and oxygen atoms in total. The zero-order valence-corrected chi connectivity index (χ0v) is 16.9. The van der Waals surface area contributed by atoms with Gasteiger partial charge < -0.3 is 19.2 Å². The third-order valence-electron chi connectivity index (χ3n) is 4.25.